The fraction of sp³-hybridized carbons (Fsp3) is 0.867. The first-order valence-corrected chi connectivity index (χ1v) is 6.87. The Bertz CT molecular complexity index is 146. The van der Waals surface area contributed by atoms with Crippen molar-refractivity contribution >= 4 is 0 Å². The number of hydrogen-bond donors (Lipinski definition) is 0. The van der Waals surface area contributed by atoms with Gasteiger partial charge in [-0.2, -0.15) is 0 Å². The van der Waals surface area contributed by atoms with E-state index in [2.05, 4.69) is 27.4 Å². The first-order chi connectivity index (χ1) is 7.22. The molecule has 0 N–H and O–H groups in total. The van der Waals surface area contributed by atoms with Gasteiger partial charge in [0.1, 0.15) is 0 Å². The van der Waals surface area contributed by atoms with E-state index in [-0.39, 0.29) is 0 Å². The van der Waals surface area contributed by atoms with Gasteiger partial charge in [-0.1, -0.05) is 70.9 Å². The van der Waals surface area contributed by atoms with Crippen molar-refractivity contribution in [1.29, 1.82) is 0 Å². The van der Waals surface area contributed by atoms with Gasteiger partial charge in [0.2, 0.25) is 0 Å². The van der Waals surface area contributed by atoms with E-state index in [0.717, 1.165) is 5.92 Å². The van der Waals surface area contributed by atoms with E-state index in [4.69, 9.17) is 0 Å². The van der Waals surface area contributed by atoms with Gasteiger partial charge in [0.25, 0.3) is 0 Å². The molecule has 15 heavy (non-hydrogen) atoms. The van der Waals surface area contributed by atoms with Crippen LogP contribution >= 0.6 is 0 Å². The first-order valence-electron chi connectivity index (χ1n) is 6.87. The molecular formula is C15H30. The smallest absolute Gasteiger partial charge is 0.0209 e. The highest BCUT2D eigenvalue weighted by Crippen LogP contribution is 2.23. The Balaban J connectivity index is 3.59. The fourth-order valence-corrected chi connectivity index (χ4v) is 2.10. The third kappa shape index (κ3) is 8.72. The second-order valence-corrected chi connectivity index (χ2v) is 4.89. The molecule has 0 heteroatoms. The van der Waals surface area contributed by atoms with Gasteiger partial charge in [-0.15, -0.1) is 0 Å². The summed E-state index contributed by atoms with van der Waals surface area (Å²) in [6.07, 6.45) is 12.4. The van der Waals surface area contributed by atoms with Gasteiger partial charge < -0.3 is 0 Å². The van der Waals surface area contributed by atoms with Crippen LogP contribution in [-0.2, 0) is 0 Å². The highest BCUT2D eigenvalue weighted by molar-refractivity contribution is 4.95. The zero-order valence-electron chi connectivity index (χ0n) is 11.1. The summed E-state index contributed by atoms with van der Waals surface area (Å²) >= 11 is 0. The van der Waals surface area contributed by atoms with Crippen molar-refractivity contribution in [2.24, 2.45) is 5.92 Å². The quantitative estimate of drug-likeness (QED) is 0.319. The number of unbranched alkanes of at least 4 members (excludes halogenated alkanes) is 5. The molecule has 0 saturated carbocycles. The Morgan fingerprint density at radius 3 is 1.80 bits per heavy atom. The summed E-state index contributed by atoms with van der Waals surface area (Å²) in [7, 11) is 0. The van der Waals surface area contributed by atoms with Gasteiger partial charge in [-0.25, -0.2) is 0 Å². The minimum atomic E-state index is 0.799. The number of rotatable bonds is 10. The lowest BCUT2D eigenvalue weighted by atomic mass is 9.90. The van der Waals surface area contributed by atoms with E-state index in [1.165, 1.54) is 63.4 Å². The minimum Gasteiger partial charge on any atom is -0.0999 e. The Morgan fingerprint density at radius 2 is 1.33 bits per heavy atom. The summed E-state index contributed by atoms with van der Waals surface area (Å²) in [6, 6.07) is 0. The third-order valence-corrected chi connectivity index (χ3v) is 3.26. The van der Waals surface area contributed by atoms with E-state index in [9.17, 15) is 0 Å². The van der Waals surface area contributed by atoms with E-state index < -0.39 is 0 Å². The Labute approximate surface area is 97.2 Å². The van der Waals surface area contributed by atoms with Crippen LogP contribution in [0.4, 0.5) is 0 Å². The predicted molar refractivity (Wildman–Crippen MR) is 71.2 cm³/mol. The fourth-order valence-electron chi connectivity index (χ4n) is 2.10. The lowest BCUT2D eigenvalue weighted by Crippen LogP contribution is -2.01. The maximum atomic E-state index is 4.13. The van der Waals surface area contributed by atoms with Gasteiger partial charge in [0.15, 0.2) is 0 Å². The van der Waals surface area contributed by atoms with E-state index in [1.54, 1.807) is 0 Å². The molecule has 0 nitrogen and oxygen atoms in total. The molecule has 0 aliphatic carbocycles. The number of hydrogen-bond acceptors (Lipinski definition) is 0. The summed E-state index contributed by atoms with van der Waals surface area (Å²) in [5, 5.41) is 0. The van der Waals surface area contributed by atoms with Gasteiger partial charge in [0, 0.05) is 0 Å². The molecule has 0 spiro atoms. The Morgan fingerprint density at radius 1 is 0.867 bits per heavy atom. The molecule has 0 aliphatic heterocycles. The average molecular weight is 210 g/mol. The normalized spacial score (nSPS) is 12.7. The van der Waals surface area contributed by atoms with Crippen molar-refractivity contribution in [2.75, 3.05) is 0 Å². The molecule has 0 aromatic rings. The third-order valence-electron chi connectivity index (χ3n) is 3.26. The molecule has 90 valence electrons. The summed E-state index contributed by atoms with van der Waals surface area (Å²) < 4.78 is 0. The minimum absolute atomic E-state index is 0.799. The van der Waals surface area contributed by atoms with Crippen molar-refractivity contribution in [1.82, 2.24) is 0 Å². The van der Waals surface area contributed by atoms with Crippen molar-refractivity contribution in [2.45, 2.75) is 78.6 Å². The molecule has 0 rings (SSSR count). The van der Waals surface area contributed by atoms with Crippen LogP contribution in [0.1, 0.15) is 78.6 Å². The Hall–Kier alpha value is -0.260. The highest BCUT2D eigenvalue weighted by Gasteiger charge is 2.08. The van der Waals surface area contributed by atoms with Crippen LogP contribution < -0.4 is 0 Å². The van der Waals surface area contributed by atoms with Crippen LogP contribution in [0, 0.1) is 5.92 Å². The summed E-state index contributed by atoms with van der Waals surface area (Å²) in [5.74, 6) is 0.799. The van der Waals surface area contributed by atoms with Crippen molar-refractivity contribution in [3.63, 3.8) is 0 Å². The SMILES string of the molecule is C=C(C)C(CCCCC)CCCCCC. The lowest BCUT2D eigenvalue weighted by Gasteiger charge is -2.16. The van der Waals surface area contributed by atoms with Gasteiger partial charge in [-0.05, 0) is 25.7 Å². The molecule has 0 bridgehead atoms. The molecule has 0 heterocycles. The molecule has 0 aromatic carbocycles. The molecule has 0 saturated heterocycles. The summed E-state index contributed by atoms with van der Waals surface area (Å²) in [5.41, 5.74) is 1.41. The molecule has 0 radical (unpaired) electrons. The van der Waals surface area contributed by atoms with Crippen LogP contribution in [-0.4, -0.2) is 0 Å². The second kappa shape index (κ2) is 10.3. The second-order valence-electron chi connectivity index (χ2n) is 4.89. The van der Waals surface area contributed by atoms with Gasteiger partial charge >= 0.3 is 0 Å². The number of allylic oxidation sites excluding steroid dienone is 1. The molecular weight excluding hydrogens is 180 g/mol. The van der Waals surface area contributed by atoms with E-state index >= 15 is 0 Å². The van der Waals surface area contributed by atoms with E-state index in [0.29, 0.717) is 0 Å². The van der Waals surface area contributed by atoms with Crippen LogP contribution in [0.15, 0.2) is 12.2 Å². The Kier molecular flexibility index (Phi) is 10.1. The largest absolute Gasteiger partial charge is 0.0999 e. The predicted octanol–water partition coefficient (Wildman–Crippen LogP) is 5.73. The topological polar surface area (TPSA) is 0 Å². The molecule has 0 aromatic heterocycles. The first kappa shape index (κ1) is 14.7. The zero-order valence-corrected chi connectivity index (χ0v) is 11.1. The molecule has 0 aliphatic rings. The van der Waals surface area contributed by atoms with Crippen molar-refractivity contribution in [3.8, 4) is 0 Å². The van der Waals surface area contributed by atoms with Crippen LogP contribution in [0.3, 0.4) is 0 Å². The van der Waals surface area contributed by atoms with Crippen LogP contribution in [0.25, 0.3) is 0 Å². The average Bonchev–Trinajstić information content (AvgIpc) is 2.21. The molecule has 0 fully saturated rings. The standard InChI is InChI=1S/C15H30/c1-5-7-9-11-13-15(14(3)4)12-10-8-6-2/h15H,3,5-13H2,1-2,4H3. The van der Waals surface area contributed by atoms with E-state index in [1.807, 2.05) is 0 Å². The summed E-state index contributed by atoms with van der Waals surface area (Å²) in [6.45, 7) is 10.9. The maximum absolute atomic E-state index is 4.13. The van der Waals surface area contributed by atoms with Gasteiger partial charge in [-0.3, -0.25) is 0 Å². The van der Waals surface area contributed by atoms with Crippen LogP contribution in [0.2, 0.25) is 0 Å². The van der Waals surface area contributed by atoms with Crippen molar-refractivity contribution in [3.05, 3.63) is 12.2 Å². The van der Waals surface area contributed by atoms with Crippen molar-refractivity contribution < 1.29 is 0 Å². The zero-order chi connectivity index (χ0) is 11.5. The maximum Gasteiger partial charge on any atom is -0.0209 e. The van der Waals surface area contributed by atoms with Crippen LogP contribution in [0.5, 0.6) is 0 Å². The highest BCUT2D eigenvalue weighted by atomic mass is 14.1. The molecule has 0 amide bonds. The van der Waals surface area contributed by atoms with Gasteiger partial charge in [0.05, 0.1) is 0 Å². The lowest BCUT2D eigenvalue weighted by molar-refractivity contribution is 0.459. The monoisotopic (exact) mass is 210 g/mol. The molecule has 1 atom stereocenters. The molecule has 1 unspecified atom stereocenters. The summed E-state index contributed by atoms with van der Waals surface area (Å²) in [4.78, 5) is 0.